The number of aryl methyl sites for hydroxylation is 1. The molecule has 5 heteroatoms. The summed E-state index contributed by atoms with van der Waals surface area (Å²) < 4.78 is 1.79. The van der Waals surface area contributed by atoms with Crippen molar-refractivity contribution in [1.82, 2.24) is 15.1 Å². The molecule has 0 aliphatic heterocycles. The quantitative estimate of drug-likeness (QED) is 0.817. The number of carbonyl (C=O) groups is 1. The minimum Gasteiger partial charge on any atom is -0.351 e. The highest BCUT2D eigenvalue weighted by Gasteiger charge is 2.26. The van der Waals surface area contributed by atoms with Crippen molar-refractivity contribution in [2.75, 3.05) is 5.88 Å². The molecule has 90 valence electrons. The molecule has 0 saturated carbocycles. The Kier molecular flexibility index (Phi) is 3.97. The Labute approximate surface area is 101 Å². The molecule has 1 amide bonds. The van der Waals surface area contributed by atoms with Crippen LogP contribution in [0.3, 0.4) is 0 Å². The minimum atomic E-state index is -0.530. The number of hydrogen-bond acceptors (Lipinski definition) is 2. The summed E-state index contributed by atoms with van der Waals surface area (Å²) in [5.41, 5.74) is 1.56. The fourth-order valence-electron chi connectivity index (χ4n) is 1.19. The van der Waals surface area contributed by atoms with Crippen molar-refractivity contribution >= 4 is 17.5 Å². The van der Waals surface area contributed by atoms with Crippen molar-refractivity contribution < 1.29 is 4.79 Å². The van der Waals surface area contributed by atoms with Gasteiger partial charge in [0.2, 0.25) is 5.91 Å². The van der Waals surface area contributed by atoms with Crippen LogP contribution in [0.15, 0.2) is 6.20 Å². The molecule has 0 fully saturated rings. The van der Waals surface area contributed by atoms with Crippen molar-refractivity contribution in [3.8, 4) is 0 Å². The number of carbonyl (C=O) groups excluding carboxylic acids is 1. The molecule has 0 aromatic carbocycles. The summed E-state index contributed by atoms with van der Waals surface area (Å²) in [5, 5.41) is 6.98. The number of aromatic nitrogens is 2. The number of nitrogens with one attached hydrogen (secondary N) is 1. The molecule has 0 aliphatic rings. The van der Waals surface area contributed by atoms with Gasteiger partial charge in [-0.3, -0.25) is 9.48 Å². The van der Waals surface area contributed by atoms with Gasteiger partial charge in [0, 0.05) is 30.7 Å². The number of nitrogens with zero attached hydrogens (tertiary/aromatic N) is 2. The van der Waals surface area contributed by atoms with Gasteiger partial charge < -0.3 is 5.32 Å². The monoisotopic (exact) mass is 243 g/mol. The van der Waals surface area contributed by atoms with E-state index in [2.05, 4.69) is 10.4 Å². The van der Waals surface area contributed by atoms with Crippen LogP contribution >= 0.6 is 11.6 Å². The Balaban J connectivity index is 2.59. The Hall–Kier alpha value is -1.03. The van der Waals surface area contributed by atoms with Crippen molar-refractivity contribution in [1.29, 1.82) is 0 Å². The van der Waals surface area contributed by atoms with Crippen LogP contribution in [0, 0.1) is 12.3 Å². The number of alkyl halides is 1. The van der Waals surface area contributed by atoms with Gasteiger partial charge >= 0.3 is 0 Å². The summed E-state index contributed by atoms with van der Waals surface area (Å²) >= 11 is 5.73. The molecule has 1 N–H and O–H groups in total. The first kappa shape index (κ1) is 13.0. The third kappa shape index (κ3) is 2.76. The Morgan fingerprint density at radius 2 is 2.25 bits per heavy atom. The fourth-order valence-corrected chi connectivity index (χ4v) is 1.31. The molecule has 0 atom stereocenters. The molecular formula is C11H18ClN3O. The summed E-state index contributed by atoms with van der Waals surface area (Å²) in [6.45, 7) is 6.12. The van der Waals surface area contributed by atoms with E-state index < -0.39 is 5.41 Å². The largest absolute Gasteiger partial charge is 0.351 e. The van der Waals surface area contributed by atoms with Crippen LogP contribution in [-0.4, -0.2) is 21.6 Å². The fraction of sp³-hybridized carbons (Fsp3) is 0.636. The molecule has 1 heterocycles. The van der Waals surface area contributed by atoms with E-state index >= 15 is 0 Å². The topological polar surface area (TPSA) is 46.9 Å². The summed E-state index contributed by atoms with van der Waals surface area (Å²) in [5.74, 6) is 0.274. The predicted octanol–water partition coefficient (Wildman–Crippen LogP) is 1.61. The molecule has 0 unspecified atom stereocenters. The summed E-state index contributed by atoms with van der Waals surface area (Å²) in [4.78, 5) is 11.8. The molecule has 0 bridgehead atoms. The van der Waals surface area contributed by atoms with Gasteiger partial charge in [-0.1, -0.05) is 0 Å². The minimum absolute atomic E-state index is 0.0363. The van der Waals surface area contributed by atoms with E-state index in [-0.39, 0.29) is 5.91 Å². The van der Waals surface area contributed by atoms with E-state index in [1.807, 2.05) is 27.8 Å². The van der Waals surface area contributed by atoms with E-state index in [0.717, 1.165) is 11.3 Å². The molecule has 0 radical (unpaired) electrons. The zero-order chi connectivity index (χ0) is 12.3. The zero-order valence-corrected chi connectivity index (χ0v) is 10.9. The van der Waals surface area contributed by atoms with Crippen molar-refractivity contribution in [2.45, 2.75) is 27.3 Å². The third-order valence-electron chi connectivity index (χ3n) is 2.73. The Morgan fingerprint density at radius 1 is 1.62 bits per heavy atom. The van der Waals surface area contributed by atoms with E-state index in [1.165, 1.54) is 0 Å². The predicted molar refractivity (Wildman–Crippen MR) is 64.3 cm³/mol. The maximum absolute atomic E-state index is 11.8. The van der Waals surface area contributed by atoms with Crippen LogP contribution in [0.2, 0.25) is 0 Å². The molecule has 0 aliphatic carbocycles. The van der Waals surface area contributed by atoms with Crippen LogP contribution in [-0.2, 0) is 18.4 Å². The first-order valence-electron chi connectivity index (χ1n) is 5.20. The third-order valence-corrected chi connectivity index (χ3v) is 3.39. The molecule has 4 nitrogen and oxygen atoms in total. The van der Waals surface area contributed by atoms with Crippen molar-refractivity contribution in [3.63, 3.8) is 0 Å². The molecule has 1 aromatic heterocycles. The van der Waals surface area contributed by atoms with Gasteiger partial charge in [0.15, 0.2) is 0 Å². The lowest BCUT2D eigenvalue weighted by atomic mass is 9.95. The first-order chi connectivity index (χ1) is 7.38. The lowest BCUT2D eigenvalue weighted by Gasteiger charge is -2.20. The second-order valence-electron chi connectivity index (χ2n) is 4.58. The lowest BCUT2D eigenvalue weighted by molar-refractivity contribution is -0.128. The molecule has 0 spiro atoms. The maximum Gasteiger partial charge on any atom is 0.227 e. The second kappa shape index (κ2) is 4.87. The smallest absolute Gasteiger partial charge is 0.227 e. The highest BCUT2D eigenvalue weighted by molar-refractivity contribution is 6.19. The second-order valence-corrected chi connectivity index (χ2v) is 4.85. The first-order valence-corrected chi connectivity index (χ1v) is 5.73. The molecule has 1 rings (SSSR count). The molecule has 0 saturated heterocycles. The average Bonchev–Trinajstić information content (AvgIpc) is 2.56. The average molecular weight is 244 g/mol. The van der Waals surface area contributed by atoms with Gasteiger partial charge in [-0.25, -0.2) is 0 Å². The van der Waals surface area contributed by atoms with Gasteiger partial charge in [0.25, 0.3) is 0 Å². The van der Waals surface area contributed by atoms with Crippen LogP contribution in [0.4, 0.5) is 0 Å². The van der Waals surface area contributed by atoms with Gasteiger partial charge in [-0.15, -0.1) is 11.6 Å². The van der Waals surface area contributed by atoms with Crippen molar-refractivity contribution in [2.24, 2.45) is 12.5 Å². The highest BCUT2D eigenvalue weighted by Crippen LogP contribution is 2.17. The highest BCUT2D eigenvalue weighted by atomic mass is 35.5. The number of halogens is 1. The number of rotatable bonds is 4. The number of hydrogen-bond donors (Lipinski definition) is 1. The Bertz CT molecular complexity index is 385. The van der Waals surface area contributed by atoms with Gasteiger partial charge in [-0.2, -0.15) is 5.10 Å². The normalized spacial score (nSPS) is 11.6. The maximum atomic E-state index is 11.8. The van der Waals surface area contributed by atoms with E-state index in [4.69, 9.17) is 11.6 Å². The van der Waals surface area contributed by atoms with Crippen LogP contribution in [0.5, 0.6) is 0 Å². The van der Waals surface area contributed by atoms with Crippen LogP contribution < -0.4 is 5.32 Å². The summed E-state index contributed by atoms with van der Waals surface area (Å²) in [6.07, 6.45) is 1.77. The zero-order valence-electron chi connectivity index (χ0n) is 10.2. The van der Waals surface area contributed by atoms with Crippen molar-refractivity contribution in [3.05, 3.63) is 17.5 Å². The summed E-state index contributed by atoms with van der Waals surface area (Å²) in [6, 6.07) is 0. The van der Waals surface area contributed by atoms with E-state index in [1.54, 1.807) is 10.9 Å². The lowest BCUT2D eigenvalue weighted by Crippen LogP contribution is -2.37. The van der Waals surface area contributed by atoms with Crippen LogP contribution in [0.25, 0.3) is 0 Å². The molecule has 1 aromatic rings. The van der Waals surface area contributed by atoms with Crippen LogP contribution in [0.1, 0.15) is 25.1 Å². The Morgan fingerprint density at radius 3 is 2.69 bits per heavy atom. The van der Waals surface area contributed by atoms with Gasteiger partial charge in [-0.05, 0) is 20.8 Å². The van der Waals surface area contributed by atoms with E-state index in [9.17, 15) is 4.79 Å². The molecular weight excluding hydrogens is 226 g/mol. The molecule has 16 heavy (non-hydrogen) atoms. The number of amides is 1. The van der Waals surface area contributed by atoms with Gasteiger partial charge in [0.05, 0.1) is 11.6 Å². The SMILES string of the molecule is Cc1c(CNC(=O)C(C)(C)CCl)cnn1C. The standard InChI is InChI=1S/C11H18ClN3O/c1-8-9(6-14-15(8)4)5-13-10(16)11(2,3)7-12/h6H,5,7H2,1-4H3,(H,13,16). The van der Waals surface area contributed by atoms with Gasteiger partial charge in [0.1, 0.15) is 0 Å². The van der Waals surface area contributed by atoms with E-state index in [0.29, 0.717) is 12.4 Å². The summed E-state index contributed by atoms with van der Waals surface area (Å²) in [7, 11) is 1.88.